The predicted molar refractivity (Wildman–Crippen MR) is 96.5 cm³/mol. The number of furan rings is 1. The van der Waals surface area contributed by atoms with Crippen LogP contribution in [0.1, 0.15) is 18.4 Å². The minimum absolute atomic E-state index is 0.0858. The van der Waals surface area contributed by atoms with Gasteiger partial charge in [-0.2, -0.15) is 0 Å². The van der Waals surface area contributed by atoms with Crippen LogP contribution in [0.2, 0.25) is 0 Å². The molecule has 0 radical (unpaired) electrons. The van der Waals surface area contributed by atoms with Gasteiger partial charge in [0.1, 0.15) is 5.58 Å². The number of rotatable bonds is 4. The zero-order valence-electron chi connectivity index (χ0n) is 14.7. The second kappa shape index (κ2) is 7.34. The molecule has 1 aromatic heterocycles. The number of hydrogen-bond acceptors (Lipinski definition) is 6. The van der Waals surface area contributed by atoms with Crippen LogP contribution >= 0.6 is 0 Å². The van der Waals surface area contributed by atoms with Crippen LogP contribution in [0.4, 0.5) is 0 Å². The molecule has 1 aromatic carbocycles. The first-order valence-corrected chi connectivity index (χ1v) is 9.06. The summed E-state index contributed by atoms with van der Waals surface area (Å²) in [6.07, 6.45) is 3.29. The van der Waals surface area contributed by atoms with E-state index in [2.05, 4.69) is 5.32 Å². The zero-order chi connectivity index (χ0) is 19.0. The van der Waals surface area contributed by atoms with Crippen LogP contribution in [0.15, 0.2) is 34.9 Å². The standard InChI is InChI=1S/C18H21BN2O6/c22-17(18(23)21-12-5-6-13(21)10-26-9-12)20-16(19(24)25)7-11-8-27-15-4-2-1-3-14(11)15/h1-4,8,12-13,16,24-25H,5-7,9-10H2,(H,20,22). The van der Waals surface area contributed by atoms with Crippen LogP contribution in [-0.2, 0) is 20.7 Å². The molecule has 2 aliphatic rings. The van der Waals surface area contributed by atoms with E-state index in [1.165, 1.54) is 6.26 Å². The first kappa shape index (κ1) is 18.0. The van der Waals surface area contributed by atoms with Crippen LogP contribution in [0, 0.1) is 0 Å². The van der Waals surface area contributed by atoms with Crippen LogP contribution in [0.25, 0.3) is 11.0 Å². The Bertz CT molecular complexity index is 837. The SMILES string of the molecule is O=C(NC(Cc1coc2ccccc12)B(O)O)C(=O)N1C2CCC1COC2. The second-order valence-corrected chi connectivity index (χ2v) is 7.09. The first-order chi connectivity index (χ1) is 13.0. The minimum atomic E-state index is -1.81. The lowest BCUT2D eigenvalue weighted by Gasteiger charge is -2.34. The number of carbonyl (C=O) groups is 2. The van der Waals surface area contributed by atoms with Crippen molar-refractivity contribution in [2.45, 2.75) is 37.3 Å². The van der Waals surface area contributed by atoms with Gasteiger partial charge in [0, 0.05) is 5.39 Å². The van der Waals surface area contributed by atoms with Crippen molar-refractivity contribution in [1.82, 2.24) is 10.2 Å². The Labute approximate surface area is 156 Å². The lowest BCUT2D eigenvalue weighted by Crippen LogP contribution is -2.57. The van der Waals surface area contributed by atoms with Crippen LogP contribution in [-0.4, -0.2) is 65.1 Å². The molecule has 3 unspecified atom stereocenters. The van der Waals surface area contributed by atoms with E-state index in [1.807, 2.05) is 18.2 Å². The van der Waals surface area contributed by atoms with Crippen molar-refractivity contribution in [3.05, 3.63) is 36.1 Å². The Morgan fingerprint density at radius 1 is 1.22 bits per heavy atom. The van der Waals surface area contributed by atoms with Gasteiger partial charge < -0.3 is 29.4 Å². The molecule has 2 saturated heterocycles. The molecule has 2 fully saturated rings. The number of morpholine rings is 1. The molecule has 4 rings (SSSR count). The molecule has 2 amide bonds. The van der Waals surface area contributed by atoms with Crippen molar-refractivity contribution >= 4 is 29.9 Å². The molecule has 8 nitrogen and oxygen atoms in total. The van der Waals surface area contributed by atoms with Crippen molar-refractivity contribution in [2.75, 3.05) is 13.2 Å². The Morgan fingerprint density at radius 2 is 1.93 bits per heavy atom. The molecule has 0 spiro atoms. The van der Waals surface area contributed by atoms with Gasteiger partial charge >= 0.3 is 18.9 Å². The molecule has 0 saturated carbocycles. The molecule has 2 bridgehead atoms. The van der Waals surface area contributed by atoms with Crippen LogP contribution < -0.4 is 5.32 Å². The summed E-state index contributed by atoms with van der Waals surface area (Å²) in [5.41, 5.74) is 1.40. The number of fused-ring (bicyclic) bond motifs is 3. The van der Waals surface area contributed by atoms with E-state index < -0.39 is 24.9 Å². The molecule has 3 atom stereocenters. The number of para-hydroxylation sites is 1. The van der Waals surface area contributed by atoms with E-state index in [1.54, 1.807) is 11.0 Å². The molecule has 2 aliphatic heterocycles. The Hall–Kier alpha value is -2.36. The maximum Gasteiger partial charge on any atom is 0.475 e. The molecule has 9 heteroatoms. The number of nitrogens with zero attached hydrogens (tertiary/aromatic N) is 1. The molecule has 2 aromatic rings. The maximum atomic E-state index is 12.6. The minimum Gasteiger partial charge on any atom is -0.464 e. The summed E-state index contributed by atoms with van der Waals surface area (Å²) in [4.78, 5) is 26.7. The van der Waals surface area contributed by atoms with Gasteiger partial charge in [0.2, 0.25) is 0 Å². The summed E-state index contributed by atoms with van der Waals surface area (Å²) in [6, 6.07) is 7.18. The molecule has 3 heterocycles. The fourth-order valence-corrected chi connectivity index (χ4v) is 3.97. The highest BCUT2D eigenvalue weighted by atomic mass is 16.5. The zero-order valence-corrected chi connectivity index (χ0v) is 14.7. The van der Waals surface area contributed by atoms with E-state index in [-0.39, 0.29) is 18.5 Å². The average molecular weight is 372 g/mol. The van der Waals surface area contributed by atoms with Crippen molar-refractivity contribution < 1.29 is 28.8 Å². The highest BCUT2D eigenvalue weighted by molar-refractivity contribution is 6.45. The molecule has 0 aliphatic carbocycles. The van der Waals surface area contributed by atoms with E-state index in [9.17, 15) is 19.6 Å². The molecule has 27 heavy (non-hydrogen) atoms. The van der Waals surface area contributed by atoms with E-state index in [0.717, 1.165) is 23.8 Å². The van der Waals surface area contributed by atoms with Crippen molar-refractivity contribution in [1.29, 1.82) is 0 Å². The summed E-state index contributed by atoms with van der Waals surface area (Å²) in [7, 11) is -1.81. The summed E-state index contributed by atoms with van der Waals surface area (Å²) < 4.78 is 10.9. The number of amides is 2. The number of ether oxygens (including phenoxy) is 1. The van der Waals surface area contributed by atoms with E-state index in [0.29, 0.717) is 18.8 Å². The highest BCUT2D eigenvalue weighted by Gasteiger charge is 2.43. The number of hydrogen-bond donors (Lipinski definition) is 3. The maximum absolute atomic E-state index is 12.6. The first-order valence-electron chi connectivity index (χ1n) is 9.06. The van der Waals surface area contributed by atoms with Gasteiger partial charge in [-0.05, 0) is 30.9 Å². The fourth-order valence-electron chi connectivity index (χ4n) is 3.97. The van der Waals surface area contributed by atoms with Gasteiger partial charge in [-0.3, -0.25) is 9.59 Å². The van der Waals surface area contributed by atoms with E-state index in [4.69, 9.17) is 9.15 Å². The third-order valence-corrected chi connectivity index (χ3v) is 5.35. The van der Waals surface area contributed by atoms with Gasteiger partial charge in [-0.15, -0.1) is 0 Å². The topological polar surface area (TPSA) is 112 Å². The van der Waals surface area contributed by atoms with Gasteiger partial charge in [0.15, 0.2) is 0 Å². The lowest BCUT2D eigenvalue weighted by molar-refractivity contribution is -0.152. The fraction of sp³-hybridized carbons (Fsp3) is 0.444. The third kappa shape index (κ3) is 3.45. The summed E-state index contributed by atoms with van der Waals surface area (Å²) in [5.74, 6) is -2.51. The van der Waals surface area contributed by atoms with Crippen molar-refractivity contribution in [3.8, 4) is 0 Å². The Kier molecular flexibility index (Phi) is 4.90. The van der Waals surface area contributed by atoms with Crippen molar-refractivity contribution in [3.63, 3.8) is 0 Å². The number of nitrogens with one attached hydrogen (secondary N) is 1. The largest absolute Gasteiger partial charge is 0.475 e. The summed E-state index contributed by atoms with van der Waals surface area (Å²) in [6.45, 7) is 0.866. The van der Waals surface area contributed by atoms with Crippen molar-refractivity contribution in [2.24, 2.45) is 0 Å². The van der Waals surface area contributed by atoms with Gasteiger partial charge in [0.05, 0.1) is 37.5 Å². The van der Waals surface area contributed by atoms with Gasteiger partial charge in [0.25, 0.3) is 0 Å². The highest BCUT2D eigenvalue weighted by Crippen LogP contribution is 2.28. The number of carbonyl (C=O) groups excluding carboxylic acids is 2. The monoisotopic (exact) mass is 372 g/mol. The van der Waals surface area contributed by atoms with Crippen LogP contribution in [0.5, 0.6) is 0 Å². The lowest BCUT2D eigenvalue weighted by atomic mass is 9.76. The number of benzene rings is 1. The Balaban J connectivity index is 1.46. The van der Waals surface area contributed by atoms with Crippen LogP contribution in [0.3, 0.4) is 0 Å². The summed E-state index contributed by atoms with van der Waals surface area (Å²) >= 11 is 0. The summed E-state index contributed by atoms with van der Waals surface area (Å²) in [5, 5.41) is 22.7. The quantitative estimate of drug-likeness (QED) is 0.509. The molecule has 142 valence electrons. The normalized spacial score (nSPS) is 22.7. The van der Waals surface area contributed by atoms with Gasteiger partial charge in [-0.1, -0.05) is 18.2 Å². The predicted octanol–water partition coefficient (Wildman–Crippen LogP) is -0.138. The molecule has 3 N–H and O–H groups in total. The Morgan fingerprint density at radius 3 is 2.63 bits per heavy atom. The second-order valence-electron chi connectivity index (χ2n) is 7.09. The molecular formula is C18H21BN2O6. The average Bonchev–Trinajstić information content (AvgIpc) is 3.18. The molecular weight excluding hydrogens is 351 g/mol. The third-order valence-electron chi connectivity index (χ3n) is 5.35. The van der Waals surface area contributed by atoms with E-state index >= 15 is 0 Å². The smallest absolute Gasteiger partial charge is 0.464 e. The van der Waals surface area contributed by atoms with Gasteiger partial charge in [-0.25, -0.2) is 0 Å².